The molecule has 2 rings (SSSR count). The Bertz CT molecular complexity index is 506. The molecular formula is C18H25N3O. The van der Waals surface area contributed by atoms with Crippen LogP contribution in [0.4, 0.5) is 0 Å². The molecule has 1 fully saturated rings. The van der Waals surface area contributed by atoms with E-state index in [9.17, 15) is 5.11 Å². The van der Waals surface area contributed by atoms with E-state index in [0.717, 1.165) is 44.7 Å². The monoisotopic (exact) mass is 299 g/mol. The molecule has 1 aliphatic heterocycles. The maximum atomic E-state index is 9.36. The zero-order valence-electron chi connectivity index (χ0n) is 13.3. The molecule has 1 aromatic rings. The van der Waals surface area contributed by atoms with E-state index in [2.05, 4.69) is 34.9 Å². The molecule has 1 aromatic carbocycles. The van der Waals surface area contributed by atoms with E-state index in [1.165, 1.54) is 0 Å². The van der Waals surface area contributed by atoms with Gasteiger partial charge < -0.3 is 5.11 Å². The lowest BCUT2D eigenvalue weighted by atomic mass is 10.1. The summed E-state index contributed by atoms with van der Waals surface area (Å²) in [6.07, 6.45) is 5.30. The SMILES string of the molecule is CCC(CO)N1CCN(C/C=C/c2ccc(C#N)cc2)CC1. The van der Waals surface area contributed by atoms with E-state index >= 15 is 0 Å². The molecule has 1 saturated heterocycles. The van der Waals surface area contributed by atoms with Gasteiger partial charge in [0, 0.05) is 38.8 Å². The fourth-order valence-corrected chi connectivity index (χ4v) is 2.82. The predicted octanol–water partition coefficient (Wildman–Crippen LogP) is 1.96. The molecule has 118 valence electrons. The van der Waals surface area contributed by atoms with Crippen molar-refractivity contribution in [1.82, 2.24) is 9.80 Å². The van der Waals surface area contributed by atoms with Crippen LogP contribution in [-0.2, 0) is 0 Å². The van der Waals surface area contributed by atoms with Gasteiger partial charge in [0.15, 0.2) is 0 Å². The van der Waals surface area contributed by atoms with E-state index in [4.69, 9.17) is 5.26 Å². The summed E-state index contributed by atoms with van der Waals surface area (Å²) in [7, 11) is 0. The van der Waals surface area contributed by atoms with Crippen LogP contribution in [0, 0.1) is 11.3 Å². The quantitative estimate of drug-likeness (QED) is 0.872. The summed E-state index contributed by atoms with van der Waals surface area (Å²) in [6, 6.07) is 10.1. The second kappa shape index (κ2) is 8.70. The van der Waals surface area contributed by atoms with Crippen molar-refractivity contribution in [2.45, 2.75) is 19.4 Å². The molecule has 0 bridgehead atoms. The molecule has 0 amide bonds. The third kappa shape index (κ3) is 4.67. The van der Waals surface area contributed by atoms with Crippen LogP contribution in [-0.4, -0.2) is 60.3 Å². The number of nitrogens with zero attached hydrogens (tertiary/aromatic N) is 3. The van der Waals surface area contributed by atoms with E-state index in [1.54, 1.807) is 0 Å². The van der Waals surface area contributed by atoms with Gasteiger partial charge in [-0.25, -0.2) is 0 Å². The number of hydrogen-bond donors (Lipinski definition) is 1. The normalized spacial score (nSPS) is 18.4. The first-order valence-corrected chi connectivity index (χ1v) is 8.00. The van der Waals surface area contributed by atoms with Crippen LogP contribution >= 0.6 is 0 Å². The zero-order chi connectivity index (χ0) is 15.8. The molecular weight excluding hydrogens is 274 g/mol. The molecule has 1 atom stereocenters. The molecule has 0 aliphatic carbocycles. The Morgan fingerprint density at radius 1 is 1.23 bits per heavy atom. The summed E-state index contributed by atoms with van der Waals surface area (Å²) in [5.41, 5.74) is 1.83. The predicted molar refractivity (Wildman–Crippen MR) is 89.4 cm³/mol. The Labute approximate surface area is 133 Å². The molecule has 4 heteroatoms. The van der Waals surface area contributed by atoms with Gasteiger partial charge in [0.1, 0.15) is 0 Å². The third-order valence-corrected chi connectivity index (χ3v) is 4.32. The minimum Gasteiger partial charge on any atom is -0.395 e. The van der Waals surface area contributed by atoms with E-state index < -0.39 is 0 Å². The summed E-state index contributed by atoms with van der Waals surface area (Å²) < 4.78 is 0. The summed E-state index contributed by atoms with van der Waals surface area (Å²) in [6.45, 7) is 7.50. The van der Waals surface area contributed by atoms with Crippen molar-refractivity contribution in [3.8, 4) is 6.07 Å². The average Bonchev–Trinajstić information content (AvgIpc) is 2.58. The number of aliphatic hydroxyl groups excluding tert-OH is 1. The molecule has 22 heavy (non-hydrogen) atoms. The van der Waals surface area contributed by atoms with Crippen LogP contribution in [0.15, 0.2) is 30.3 Å². The molecule has 1 heterocycles. The second-order valence-corrected chi connectivity index (χ2v) is 5.72. The summed E-state index contributed by atoms with van der Waals surface area (Å²) in [4.78, 5) is 4.82. The first-order chi connectivity index (χ1) is 10.8. The topological polar surface area (TPSA) is 50.5 Å². The minimum atomic E-state index is 0.259. The van der Waals surface area contributed by atoms with Crippen LogP contribution in [0.3, 0.4) is 0 Å². The Kier molecular flexibility index (Phi) is 6.60. The number of hydrogen-bond acceptors (Lipinski definition) is 4. The van der Waals surface area contributed by atoms with Gasteiger partial charge >= 0.3 is 0 Å². The van der Waals surface area contributed by atoms with Gasteiger partial charge in [0.2, 0.25) is 0 Å². The maximum absolute atomic E-state index is 9.36. The van der Waals surface area contributed by atoms with E-state index in [1.807, 2.05) is 24.3 Å². The van der Waals surface area contributed by atoms with Crippen molar-refractivity contribution < 1.29 is 5.11 Å². The Balaban J connectivity index is 1.76. The van der Waals surface area contributed by atoms with Crippen molar-refractivity contribution in [2.75, 3.05) is 39.3 Å². The third-order valence-electron chi connectivity index (χ3n) is 4.32. The Hall–Kier alpha value is -1.67. The maximum Gasteiger partial charge on any atom is 0.0991 e. The molecule has 0 saturated carbocycles. The first-order valence-electron chi connectivity index (χ1n) is 8.00. The van der Waals surface area contributed by atoms with Gasteiger partial charge in [-0.1, -0.05) is 31.2 Å². The highest BCUT2D eigenvalue weighted by Crippen LogP contribution is 2.10. The smallest absolute Gasteiger partial charge is 0.0991 e. The highest BCUT2D eigenvalue weighted by atomic mass is 16.3. The molecule has 0 radical (unpaired) electrons. The van der Waals surface area contributed by atoms with Gasteiger partial charge in [-0.3, -0.25) is 9.80 Å². The minimum absolute atomic E-state index is 0.259. The fraction of sp³-hybridized carbons (Fsp3) is 0.500. The summed E-state index contributed by atoms with van der Waals surface area (Å²) in [5, 5.41) is 18.1. The van der Waals surface area contributed by atoms with Gasteiger partial charge in [-0.05, 0) is 24.1 Å². The number of benzene rings is 1. The van der Waals surface area contributed by atoms with Gasteiger partial charge in [0.05, 0.1) is 18.2 Å². The Morgan fingerprint density at radius 2 is 1.91 bits per heavy atom. The van der Waals surface area contributed by atoms with Gasteiger partial charge in [-0.2, -0.15) is 5.26 Å². The standard InChI is InChI=1S/C18H25N3O/c1-2-18(15-22)21-12-10-20(11-13-21)9-3-4-16-5-7-17(14-19)8-6-16/h3-8,18,22H,2,9-13,15H2,1H3/b4-3+. The van der Waals surface area contributed by atoms with Crippen LogP contribution in [0.25, 0.3) is 6.08 Å². The lowest BCUT2D eigenvalue weighted by Gasteiger charge is -2.38. The van der Waals surface area contributed by atoms with Gasteiger partial charge in [0.25, 0.3) is 0 Å². The van der Waals surface area contributed by atoms with Crippen LogP contribution in [0.1, 0.15) is 24.5 Å². The highest BCUT2D eigenvalue weighted by Gasteiger charge is 2.21. The molecule has 1 N–H and O–H groups in total. The first kappa shape index (κ1) is 16.7. The zero-order valence-corrected chi connectivity index (χ0v) is 13.3. The van der Waals surface area contributed by atoms with Crippen LogP contribution in [0.2, 0.25) is 0 Å². The number of piperazine rings is 1. The van der Waals surface area contributed by atoms with Crippen molar-refractivity contribution in [3.05, 3.63) is 41.5 Å². The number of nitriles is 1. The fourth-order valence-electron chi connectivity index (χ4n) is 2.82. The molecule has 1 unspecified atom stereocenters. The molecule has 0 aromatic heterocycles. The van der Waals surface area contributed by atoms with E-state index in [0.29, 0.717) is 11.6 Å². The number of rotatable bonds is 6. The van der Waals surface area contributed by atoms with Crippen molar-refractivity contribution >= 4 is 6.08 Å². The molecule has 4 nitrogen and oxygen atoms in total. The summed E-state index contributed by atoms with van der Waals surface area (Å²) in [5.74, 6) is 0. The lowest BCUT2D eigenvalue weighted by molar-refractivity contribution is 0.0681. The second-order valence-electron chi connectivity index (χ2n) is 5.72. The highest BCUT2D eigenvalue weighted by molar-refractivity contribution is 5.51. The Morgan fingerprint density at radius 3 is 2.45 bits per heavy atom. The van der Waals surface area contributed by atoms with Crippen molar-refractivity contribution in [3.63, 3.8) is 0 Å². The van der Waals surface area contributed by atoms with Crippen LogP contribution in [0.5, 0.6) is 0 Å². The number of aliphatic hydroxyl groups is 1. The van der Waals surface area contributed by atoms with Crippen molar-refractivity contribution in [2.24, 2.45) is 0 Å². The summed E-state index contributed by atoms with van der Waals surface area (Å²) >= 11 is 0. The molecule has 1 aliphatic rings. The van der Waals surface area contributed by atoms with Crippen molar-refractivity contribution in [1.29, 1.82) is 5.26 Å². The van der Waals surface area contributed by atoms with Crippen LogP contribution < -0.4 is 0 Å². The largest absolute Gasteiger partial charge is 0.395 e. The lowest BCUT2D eigenvalue weighted by Crippen LogP contribution is -2.51. The average molecular weight is 299 g/mol. The van der Waals surface area contributed by atoms with Gasteiger partial charge in [-0.15, -0.1) is 0 Å². The molecule has 0 spiro atoms. The van der Waals surface area contributed by atoms with E-state index in [-0.39, 0.29) is 6.61 Å².